The van der Waals surface area contributed by atoms with Gasteiger partial charge >= 0.3 is 0 Å². The summed E-state index contributed by atoms with van der Waals surface area (Å²) in [6.07, 6.45) is 0.729. The fourth-order valence-electron chi connectivity index (χ4n) is 1.98. The maximum atomic E-state index is 11.8. The van der Waals surface area contributed by atoms with Crippen molar-refractivity contribution in [1.29, 1.82) is 0 Å². The summed E-state index contributed by atoms with van der Waals surface area (Å²) in [7, 11) is 3.97. The molecular weight excluding hydrogens is 266 g/mol. The number of nitrogens with one attached hydrogen (secondary N) is 2. The maximum Gasteiger partial charge on any atom is 0.233 e. The summed E-state index contributed by atoms with van der Waals surface area (Å²) >= 11 is 0. The number of nitrogens with zero attached hydrogens (tertiary/aromatic N) is 1. The SMILES string of the molecule is Cc1ccc(NC(=O)CC(=O)NCCCN(C)C)c(C)c1. The average molecular weight is 291 g/mol. The topological polar surface area (TPSA) is 61.4 Å². The van der Waals surface area contributed by atoms with E-state index in [-0.39, 0.29) is 18.2 Å². The number of aryl methyl sites for hydroxylation is 2. The Bertz CT molecular complexity index is 498. The molecule has 5 heteroatoms. The standard InChI is InChI=1S/C16H25N3O2/c1-12-6-7-14(13(2)10-12)18-16(21)11-15(20)17-8-5-9-19(3)4/h6-7,10H,5,8-9,11H2,1-4H3,(H,17,20)(H,18,21). The summed E-state index contributed by atoms with van der Waals surface area (Å²) in [5, 5.41) is 5.52. The van der Waals surface area contributed by atoms with Crippen molar-refractivity contribution in [3.8, 4) is 0 Å². The summed E-state index contributed by atoms with van der Waals surface area (Å²) < 4.78 is 0. The number of hydrogen-bond donors (Lipinski definition) is 2. The van der Waals surface area contributed by atoms with Crippen LogP contribution in [-0.2, 0) is 9.59 Å². The predicted octanol–water partition coefficient (Wildman–Crippen LogP) is 1.70. The Kier molecular flexibility index (Phi) is 6.88. The van der Waals surface area contributed by atoms with Gasteiger partial charge in [0.2, 0.25) is 11.8 Å². The van der Waals surface area contributed by atoms with Crippen LogP contribution in [0.25, 0.3) is 0 Å². The minimum absolute atomic E-state index is 0.144. The number of amides is 2. The predicted molar refractivity (Wildman–Crippen MR) is 85.3 cm³/mol. The van der Waals surface area contributed by atoms with Gasteiger partial charge in [-0.25, -0.2) is 0 Å². The Morgan fingerprint density at radius 2 is 1.86 bits per heavy atom. The first-order chi connectivity index (χ1) is 9.88. The summed E-state index contributed by atoms with van der Waals surface area (Å²) in [5.74, 6) is -0.525. The van der Waals surface area contributed by atoms with Crippen molar-refractivity contribution in [3.05, 3.63) is 29.3 Å². The van der Waals surface area contributed by atoms with Crippen molar-refractivity contribution in [2.45, 2.75) is 26.7 Å². The van der Waals surface area contributed by atoms with Gasteiger partial charge in [-0.3, -0.25) is 9.59 Å². The van der Waals surface area contributed by atoms with Gasteiger partial charge in [0.15, 0.2) is 0 Å². The number of hydrogen-bond acceptors (Lipinski definition) is 3. The zero-order valence-electron chi connectivity index (χ0n) is 13.3. The Hall–Kier alpha value is -1.88. The molecule has 1 aromatic rings. The van der Waals surface area contributed by atoms with Crippen LogP contribution in [0.3, 0.4) is 0 Å². The fourth-order valence-corrected chi connectivity index (χ4v) is 1.98. The maximum absolute atomic E-state index is 11.8. The quantitative estimate of drug-likeness (QED) is 0.594. The van der Waals surface area contributed by atoms with E-state index >= 15 is 0 Å². The number of anilines is 1. The molecule has 0 heterocycles. The Balaban J connectivity index is 2.34. The van der Waals surface area contributed by atoms with E-state index in [0.29, 0.717) is 6.54 Å². The lowest BCUT2D eigenvalue weighted by molar-refractivity contribution is -0.126. The first kappa shape index (κ1) is 17.2. The lowest BCUT2D eigenvalue weighted by Gasteiger charge is -2.11. The third-order valence-corrected chi connectivity index (χ3v) is 3.08. The molecule has 0 unspecified atom stereocenters. The minimum atomic E-state index is -0.285. The van der Waals surface area contributed by atoms with Gasteiger partial charge in [-0.15, -0.1) is 0 Å². The van der Waals surface area contributed by atoms with Crippen molar-refractivity contribution < 1.29 is 9.59 Å². The number of carbonyl (C=O) groups is 2. The van der Waals surface area contributed by atoms with Crippen molar-refractivity contribution in [3.63, 3.8) is 0 Å². The van der Waals surface area contributed by atoms with E-state index in [2.05, 4.69) is 15.5 Å². The van der Waals surface area contributed by atoms with Crippen molar-refractivity contribution >= 4 is 17.5 Å². The van der Waals surface area contributed by atoms with Crippen LogP contribution >= 0.6 is 0 Å². The molecule has 0 spiro atoms. The van der Waals surface area contributed by atoms with Gasteiger partial charge < -0.3 is 15.5 Å². The second-order valence-corrected chi connectivity index (χ2v) is 5.55. The van der Waals surface area contributed by atoms with E-state index in [4.69, 9.17) is 0 Å². The highest BCUT2D eigenvalue weighted by Gasteiger charge is 2.10. The molecule has 116 valence electrons. The largest absolute Gasteiger partial charge is 0.356 e. The third kappa shape index (κ3) is 6.90. The highest BCUT2D eigenvalue weighted by Crippen LogP contribution is 2.16. The van der Waals surface area contributed by atoms with E-state index in [1.807, 2.05) is 46.1 Å². The van der Waals surface area contributed by atoms with E-state index < -0.39 is 0 Å². The van der Waals surface area contributed by atoms with Gasteiger partial charge in [-0.1, -0.05) is 17.7 Å². The molecule has 0 saturated carbocycles. The highest BCUT2D eigenvalue weighted by atomic mass is 16.2. The highest BCUT2D eigenvalue weighted by molar-refractivity contribution is 6.03. The first-order valence-electron chi connectivity index (χ1n) is 7.17. The zero-order chi connectivity index (χ0) is 15.8. The molecule has 0 radical (unpaired) electrons. The van der Waals surface area contributed by atoms with E-state index in [9.17, 15) is 9.59 Å². The van der Waals surface area contributed by atoms with Crippen molar-refractivity contribution in [2.75, 3.05) is 32.5 Å². The fraction of sp³-hybridized carbons (Fsp3) is 0.500. The van der Waals surface area contributed by atoms with Gasteiger partial charge in [0.1, 0.15) is 6.42 Å². The molecule has 1 rings (SSSR count). The van der Waals surface area contributed by atoms with Crippen LogP contribution in [0.2, 0.25) is 0 Å². The average Bonchev–Trinajstić information content (AvgIpc) is 2.38. The van der Waals surface area contributed by atoms with Crippen molar-refractivity contribution in [2.24, 2.45) is 0 Å². The van der Waals surface area contributed by atoms with Gasteiger partial charge in [0.25, 0.3) is 0 Å². The smallest absolute Gasteiger partial charge is 0.233 e. The van der Waals surface area contributed by atoms with Crippen LogP contribution < -0.4 is 10.6 Å². The van der Waals surface area contributed by atoms with Gasteiger partial charge in [0, 0.05) is 12.2 Å². The molecule has 0 saturated heterocycles. The molecule has 0 aromatic heterocycles. The zero-order valence-corrected chi connectivity index (χ0v) is 13.3. The molecule has 2 amide bonds. The first-order valence-corrected chi connectivity index (χ1v) is 7.17. The van der Waals surface area contributed by atoms with Crippen LogP contribution in [0.1, 0.15) is 24.0 Å². The number of benzene rings is 1. The molecule has 5 nitrogen and oxygen atoms in total. The molecule has 21 heavy (non-hydrogen) atoms. The number of rotatable bonds is 7. The number of carbonyl (C=O) groups excluding carboxylic acids is 2. The second kappa shape index (κ2) is 8.42. The van der Waals surface area contributed by atoms with Crippen molar-refractivity contribution in [1.82, 2.24) is 10.2 Å². The Labute approximate surface area is 126 Å². The van der Waals surface area contributed by atoms with E-state index in [1.54, 1.807) is 0 Å². The molecule has 0 aliphatic heterocycles. The minimum Gasteiger partial charge on any atom is -0.356 e. The molecule has 2 N–H and O–H groups in total. The molecule has 0 fully saturated rings. The van der Waals surface area contributed by atoms with Crippen LogP contribution in [-0.4, -0.2) is 43.9 Å². The van der Waals surface area contributed by atoms with Gasteiger partial charge in [0.05, 0.1) is 0 Å². The molecule has 0 atom stereocenters. The lowest BCUT2D eigenvalue weighted by Crippen LogP contribution is -2.30. The van der Waals surface area contributed by atoms with Crippen LogP contribution in [0.15, 0.2) is 18.2 Å². The van der Waals surface area contributed by atoms with Crippen LogP contribution in [0.5, 0.6) is 0 Å². The van der Waals surface area contributed by atoms with E-state index in [0.717, 1.165) is 29.8 Å². The Morgan fingerprint density at radius 3 is 2.48 bits per heavy atom. The van der Waals surface area contributed by atoms with Gasteiger partial charge in [-0.05, 0) is 52.5 Å². The van der Waals surface area contributed by atoms with Crippen LogP contribution in [0, 0.1) is 13.8 Å². The molecule has 0 bridgehead atoms. The monoisotopic (exact) mass is 291 g/mol. The van der Waals surface area contributed by atoms with Crippen LogP contribution in [0.4, 0.5) is 5.69 Å². The summed E-state index contributed by atoms with van der Waals surface area (Å²) in [6, 6.07) is 5.79. The lowest BCUT2D eigenvalue weighted by atomic mass is 10.1. The molecule has 0 aliphatic carbocycles. The Morgan fingerprint density at radius 1 is 1.14 bits per heavy atom. The van der Waals surface area contributed by atoms with E-state index in [1.165, 1.54) is 0 Å². The molecule has 1 aromatic carbocycles. The van der Waals surface area contributed by atoms with Gasteiger partial charge in [-0.2, -0.15) is 0 Å². The normalized spacial score (nSPS) is 10.5. The summed E-state index contributed by atoms with van der Waals surface area (Å²) in [4.78, 5) is 25.5. The second-order valence-electron chi connectivity index (χ2n) is 5.55. The summed E-state index contributed by atoms with van der Waals surface area (Å²) in [5.41, 5.74) is 2.89. The molecular formula is C16H25N3O2. The summed E-state index contributed by atoms with van der Waals surface area (Å²) in [6.45, 7) is 5.44. The third-order valence-electron chi connectivity index (χ3n) is 3.08. The molecule has 0 aliphatic rings.